The van der Waals surface area contributed by atoms with E-state index in [1.807, 2.05) is 30.3 Å². The number of amidine groups is 1. The van der Waals surface area contributed by atoms with Gasteiger partial charge in [-0.3, -0.25) is 0 Å². The highest BCUT2D eigenvalue weighted by atomic mass is 79.9. The molecular formula is C16H15BrN2O2S. The molecule has 0 aliphatic carbocycles. The number of hydrogen-bond acceptors (Lipinski definition) is 4. The van der Waals surface area contributed by atoms with E-state index in [1.165, 1.54) is 17.3 Å². The van der Waals surface area contributed by atoms with Crippen molar-refractivity contribution < 1.29 is 9.47 Å². The summed E-state index contributed by atoms with van der Waals surface area (Å²) in [6.07, 6.45) is 0. The van der Waals surface area contributed by atoms with E-state index >= 15 is 0 Å². The van der Waals surface area contributed by atoms with Crippen LogP contribution in [-0.4, -0.2) is 18.4 Å². The van der Waals surface area contributed by atoms with E-state index in [2.05, 4.69) is 33.1 Å². The standard InChI is InChI=1S/C16H15BrN2O2S/c17-12-3-1-2-11(8-12)10-22-16(18)19-13-4-5-14-15(9-13)21-7-6-20-14/h1-5,8-9H,6-7,10H2,(H2,18,19). The minimum atomic E-state index is 0.525. The molecule has 1 aliphatic heterocycles. The summed E-state index contributed by atoms with van der Waals surface area (Å²) in [5, 5.41) is 0.525. The predicted octanol–water partition coefficient (Wildman–Crippen LogP) is 4.10. The Balaban J connectivity index is 1.66. The van der Waals surface area contributed by atoms with Crippen molar-refractivity contribution >= 4 is 38.5 Å². The van der Waals surface area contributed by atoms with Gasteiger partial charge < -0.3 is 15.2 Å². The zero-order valence-electron chi connectivity index (χ0n) is 11.8. The van der Waals surface area contributed by atoms with Crippen LogP contribution in [0.4, 0.5) is 5.69 Å². The molecule has 4 nitrogen and oxygen atoms in total. The highest BCUT2D eigenvalue weighted by Crippen LogP contribution is 2.34. The second kappa shape index (κ2) is 7.07. The quantitative estimate of drug-likeness (QED) is 0.645. The number of fused-ring (bicyclic) bond motifs is 1. The molecule has 3 rings (SSSR count). The molecule has 2 N–H and O–H groups in total. The summed E-state index contributed by atoms with van der Waals surface area (Å²) in [4.78, 5) is 4.41. The monoisotopic (exact) mass is 378 g/mol. The molecule has 0 aromatic heterocycles. The zero-order chi connectivity index (χ0) is 15.4. The average molecular weight is 379 g/mol. The Morgan fingerprint density at radius 2 is 1.95 bits per heavy atom. The fourth-order valence-electron chi connectivity index (χ4n) is 2.05. The van der Waals surface area contributed by atoms with Crippen molar-refractivity contribution in [3.63, 3.8) is 0 Å². The smallest absolute Gasteiger partial charge is 0.163 e. The van der Waals surface area contributed by atoms with Crippen LogP contribution in [0.15, 0.2) is 51.9 Å². The molecule has 0 bridgehead atoms. The van der Waals surface area contributed by atoms with Gasteiger partial charge in [-0.2, -0.15) is 0 Å². The maximum Gasteiger partial charge on any atom is 0.163 e. The molecule has 0 saturated heterocycles. The number of hydrogen-bond donors (Lipinski definition) is 1. The first-order valence-electron chi connectivity index (χ1n) is 6.82. The molecule has 0 unspecified atom stereocenters. The average Bonchev–Trinajstić information content (AvgIpc) is 2.53. The Morgan fingerprint density at radius 1 is 1.14 bits per heavy atom. The number of nitrogens with zero attached hydrogens (tertiary/aromatic N) is 1. The first kappa shape index (κ1) is 15.2. The molecule has 0 atom stereocenters. The van der Waals surface area contributed by atoms with Gasteiger partial charge in [0.25, 0.3) is 0 Å². The van der Waals surface area contributed by atoms with Gasteiger partial charge >= 0.3 is 0 Å². The summed E-state index contributed by atoms with van der Waals surface area (Å²) in [6.45, 7) is 1.15. The highest BCUT2D eigenvalue weighted by Gasteiger charge is 2.11. The van der Waals surface area contributed by atoms with Crippen molar-refractivity contribution in [1.82, 2.24) is 0 Å². The van der Waals surface area contributed by atoms with Crippen molar-refractivity contribution in [2.24, 2.45) is 10.7 Å². The van der Waals surface area contributed by atoms with Crippen molar-refractivity contribution in [3.05, 3.63) is 52.5 Å². The van der Waals surface area contributed by atoms with Crippen molar-refractivity contribution in [2.45, 2.75) is 5.75 Å². The summed E-state index contributed by atoms with van der Waals surface area (Å²) in [6, 6.07) is 13.7. The molecule has 1 heterocycles. The largest absolute Gasteiger partial charge is 0.486 e. The zero-order valence-corrected chi connectivity index (χ0v) is 14.2. The molecule has 0 radical (unpaired) electrons. The molecular weight excluding hydrogens is 364 g/mol. The van der Waals surface area contributed by atoms with Gasteiger partial charge in [0, 0.05) is 16.3 Å². The first-order chi connectivity index (χ1) is 10.7. The van der Waals surface area contributed by atoms with Gasteiger partial charge in [0.1, 0.15) is 13.2 Å². The lowest BCUT2D eigenvalue weighted by atomic mass is 10.2. The Hall–Kier alpha value is -1.66. The summed E-state index contributed by atoms with van der Waals surface area (Å²) in [5.41, 5.74) is 7.96. The van der Waals surface area contributed by atoms with E-state index in [4.69, 9.17) is 15.2 Å². The molecule has 2 aromatic rings. The fourth-order valence-corrected chi connectivity index (χ4v) is 3.16. The maximum atomic E-state index is 6.00. The number of aliphatic imine (C=N–C) groups is 1. The van der Waals surface area contributed by atoms with Crippen molar-refractivity contribution in [3.8, 4) is 11.5 Å². The molecule has 2 aromatic carbocycles. The van der Waals surface area contributed by atoms with Gasteiger partial charge in [-0.15, -0.1) is 0 Å². The predicted molar refractivity (Wildman–Crippen MR) is 94.2 cm³/mol. The first-order valence-corrected chi connectivity index (χ1v) is 8.59. The SMILES string of the molecule is NC(=Nc1ccc2c(c1)OCCO2)SCc1cccc(Br)c1. The van der Waals surface area contributed by atoms with Crippen LogP contribution in [-0.2, 0) is 5.75 Å². The van der Waals surface area contributed by atoms with Crippen LogP contribution in [0.5, 0.6) is 11.5 Å². The van der Waals surface area contributed by atoms with Crippen molar-refractivity contribution in [2.75, 3.05) is 13.2 Å². The Kier molecular flexibility index (Phi) is 4.90. The third kappa shape index (κ3) is 3.96. The number of rotatable bonds is 3. The van der Waals surface area contributed by atoms with Gasteiger partial charge in [-0.1, -0.05) is 39.8 Å². The Bertz CT molecular complexity index is 706. The van der Waals surface area contributed by atoms with Gasteiger partial charge in [0.2, 0.25) is 0 Å². The van der Waals surface area contributed by atoms with Crippen LogP contribution in [0.3, 0.4) is 0 Å². The third-order valence-electron chi connectivity index (χ3n) is 3.04. The summed E-state index contributed by atoms with van der Waals surface area (Å²) < 4.78 is 12.1. The Labute approximate surface area is 141 Å². The highest BCUT2D eigenvalue weighted by molar-refractivity contribution is 9.10. The van der Waals surface area contributed by atoms with E-state index in [1.54, 1.807) is 0 Å². The van der Waals surface area contributed by atoms with Crippen LogP contribution in [0.25, 0.3) is 0 Å². The molecule has 0 saturated carbocycles. The van der Waals surface area contributed by atoms with Crippen LogP contribution in [0.1, 0.15) is 5.56 Å². The van der Waals surface area contributed by atoms with Gasteiger partial charge in [0.15, 0.2) is 16.7 Å². The normalized spacial score (nSPS) is 14.0. The molecule has 0 spiro atoms. The molecule has 0 amide bonds. The number of benzene rings is 2. The molecule has 0 fully saturated rings. The minimum Gasteiger partial charge on any atom is -0.486 e. The summed E-state index contributed by atoms with van der Waals surface area (Å²) in [7, 11) is 0. The number of nitrogens with two attached hydrogens (primary N) is 1. The molecule has 6 heteroatoms. The van der Waals surface area contributed by atoms with Gasteiger partial charge in [-0.05, 0) is 29.8 Å². The van der Waals surface area contributed by atoms with Crippen LogP contribution < -0.4 is 15.2 Å². The summed E-state index contributed by atoms with van der Waals surface area (Å²) >= 11 is 4.97. The lowest BCUT2D eigenvalue weighted by Gasteiger charge is -2.18. The second-order valence-corrected chi connectivity index (χ2v) is 6.61. The molecule has 114 valence electrons. The van der Waals surface area contributed by atoms with Crippen molar-refractivity contribution in [1.29, 1.82) is 0 Å². The van der Waals surface area contributed by atoms with E-state index < -0.39 is 0 Å². The van der Waals surface area contributed by atoms with Crippen LogP contribution in [0, 0.1) is 0 Å². The van der Waals surface area contributed by atoms with Crippen LogP contribution >= 0.6 is 27.7 Å². The van der Waals surface area contributed by atoms with E-state index in [0.717, 1.165) is 27.4 Å². The lowest BCUT2D eigenvalue weighted by Crippen LogP contribution is -2.15. The van der Waals surface area contributed by atoms with E-state index in [0.29, 0.717) is 18.4 Å². The molecule has 22 heavy (non-hydrogen) atoms. The second-order valence-electron chi connectivity index (χ2n) is 4.70. The maximum absolute atomic E-state index is 6.00. The van der Waals surface area contributed by atoms with E-state index in [-0.39, 0.29) is 0 Å². The lowest BCUT2D eigenvalue weighted by molar-refractivity contribution is 0.171. The minimum absolute atomic E-state index is 0.525. The third-order valence-corrected chi connectivity index (χ3v) is 4.40. The molecule has 1 aliphatic rings. The van der Waals surface area contributed by atoms with E-state index in [9.17, 15) is 0 Å². The summed E-state index contributed by atoms with van der Waals surface area (Å²) in [5.74, 6) is 2.25. The van der Waals surface area contributed by atoms with Crippen LogP contribution in [0.2, 0.25) is 0 Å². The van der Waals surface area contributed by atoms with Gasteiger partial charge in [-0.25, -0.2) is 4.99 Å². The fraction of sp³-hybridized carbons (Fsp3) is 0.188. The number of ether oxygens (including phenoxy) is 2. The Morgan fingerprint density at radius 3 is 2.77 bits per heavy atom. The van der Waals surface area contributed by atoms with Gasteiger partial charge in [0.05, 0.1) is 5.69 Å². The number of thioether (sulfide) groups is 1. The topological polar surface area (TPSA) is 56.8 Å². The number of halogens is 1.